The van der Waals surface area contributed by atoms with Crippen molar-refractivity contribution < 1.29 is 0 Å². The van der Waals surface area contributed by atoms with Crippen LogP contribution >= 0.6 is 0 Å². The van der Waals surface area contributed by atoms with E-state index in [0.717, 1.165) is 26.2 Å². The molecule has 0 unspecified atom stereocenters. The molecule has 0 aliphatic carbocycles. The molecule has 0 aliphatic rings. The van der Waals surface area contributed by atoms with Crippen LogP contribution in [0.3, 0.4) is 0 Å². The summed E-state index contributed by atoms with van der Waals surface area (Å²) in [5.74, 6) is 2.36. The summed E-state index contributed by atoms with van der Waals surface area (Å²) in [4.78, 5) is 0. The lowest BCUT2D eigenvalue weighted by Gasteiger charge is -2.25. The molecule has 0 saturated carbocycles. The molecule has 6 nitrogen and oxygen atoms in total. The van der Waals surface area contributed by atoms with Crippen molar-refractivity contribution in [2.75, 3.05) is 26.2 Å². The van der Waals surface area contributed by atoms with Crippen molar-refractivity contribution in [3.8, 4) is 0 Å². The highest BCUT2D eigenvalue weighted by Crippen LogP contribution is 2.02. The maximum absolute atomic E-state index is 4.08. The Morgan fingerprint density at radius 2 is 0.773 bits per heavy atom. The second-order valence-electron chi connectivity index (χ2n) is 7.79. The van der Waals surface area contributed by atoms with Gasteiger partial charge in [0.05, 0.1) is 0 Å². The first-order valence-electron chi connectivity index (χ1n) is 8.61. The minimum atomic E-state index is 0.591. The standard InChI is InChI=1S/C16H38N6/c1-13(2)9-21(10-14(3)4)19-17-18-20-22(11-15(5)6)12-16(7)8/h13-16H,9-12H2,1-8H3,(H,18,19)(H,17,20). The zero-order chi connectivity index (χ0) is 17.1. The summed E-state index contributed by atoms with van der Waals surface area (Å²) in [5.41, 5.74) is 6.09. The number of rotatable bonds is 12. The molecule has 0 amide bonds. The van der Waals surface area contributed by atoms with E-state index in [-0.39, 0.29) is 0 Å². The number of nitrogens with one attached hydrogen (secondary N) is 2. The summed E-state index contributed by atoms with van der Waals surface area (Å²) in [7, 11) is 0. The van der Waals surface area contributed by atoms with E-state index in [1.807, 2.05) is 0 Å². The number of hydrogen-bond acceptors (Lipinski definition) is 4. The van der Waals surface area contributed by atoms with Crippen LogP contribution < -0.4 is 11.1 Å². The summed E-state index contributed by atoms with van der Waals surface area (Å²) in [6.45, 7) is 21.5. The van der Waals surface area contributed by atoms with Gasteiger partial charge in [0.1, 0.15) is 0 Å². The first kappa shape index (κ1) is 21.1. The number of hydrogen-bond donors (Lipinski definition) is 2. The van der Waals surface area contributed by atoms with E-state index < -0.39 is 0 Å². The third-order valence-electron chi connectivity index (χ3n) is 2.76. The van der Waals surface area contributed by atoms with Crippen molar-refractivity contribution in [3.63, 3.8) is 0 Å². The number of nitrogens with zero attached hydrogens (tertiary/aromatic N) is 4. The van der Waals surface area contributed by atoms with E-state index in [2.05, 4.69) is 86.9 Å². The van der Waals surface area contributed by atoms with Gasteiger partial charge in [-0.25, -0.2) is 21.1 Å². The van der Waals surface area contributed by atoms with Crippen molar-refractivity contribution in [2.24, 2.45) is 34.1 Å². The molecule has 0 heterocycles. The van der Waals surface area contributed by atoms with E-state index in [9.17, 15) is 0 Å². The zero-order valence-corrected chi connectivity index (χ0v) is 15.9. The van der Waals surface area contributed by atoms with E-state index in [1.54, 1.807) is 0 Å². The van der Waals surface area contributed by atoms with E-state index in [0.29, 0.717) is 23.7 Å². The molecule has 0 aliphatic heterocycles. The van der Waals surface area contributed by atoms with Crippen LogP contribution in [0.4, 0.5) is 0 Å². The molecule has 0 aromatic rings. The van der Waals surface area contributed by atoms with Crippen LogP contribution in [0, 0.1) is 23.7 Å². The highest BCUT2D eigenvalue weighted by Gasteiger charge is 2.09. The third kappa shape index (κ3) is 12.8. The Bertz CT molecular complexity index is 240. The van der Waals surface area contributed by atoms with Gasteiger partial charge in [-0.1, -0.05) is 55.4 Å². The van der Waals surface area contributed by atoms with Gasteiger partial charge in [-0.2, -0.15) is 0 Å². The quantitative estimate of drug-likeness (QED) is 0.427. The molecule has 0 aromatic carbocycles. The maximum Gasteiger partial charge on any atom is 0.0218 e. The smallest absolute Gasteiger partial charge is 0.0218 e. The molecule has 0 spiro atoms. The fourth-order valence-electron chi connectivity index (χ4n) is 2.25. The molecule has 0 radical (unpaired) electrons. The second kappa shape index (κ2) is 11.7. The highest BCUT2D eigenvalue weighted by molar-refractivity contribution is 4.58. The Morgan fingerprint density at radius 1 is 0.545 bits per heavy atom. The van der Waals surface area contributed by atoms with Crippen molar-refractivity contribution in [1.29, 1.82) is 0 Å². The van der Waals surface area contributed by atoms with Gasteiger partial charge < -0.3 is 0 Å². The van der Waals surface area contributed by atoms with Crippen LogP contribution in [0.2, 0.25) is 0 Å². The van der Waals surface area contributed by atoms with Crippen LogP contribution in [0.1, 0.15) is 55.4 Å². The van der Waals surface area contributed by atoms with Crippen LogP contribution in [0.5, 0.6) is 0 Å². The van der Waals surface area contributed by atoms with Gasteiger partial charge in [-0.05, 0) is 34.1 Å². The van der Waals surface area contributed by atoms with Crippen LogP contribution in [0.15, 0.2) is 10.4 Å². The average Bonchev–Trinajstić information content (AvgIpc) is 2.31. The summed E-state index contributed by atoms with van der Waals surface area (Å²) in [6.07, 6.45) is 0. The lowest BCUT2D eigenvalue weighted by atomic mass is 10.2. The first-order chi connectivity index (χ1) is 10.2. The summed E-state index contributed by atoms with van der Waals surface area (Å²) in [6, 6.07) is 0. The molecule has 22 heavy (non-hydrogen) atoms. The molecule has 0 bridgehead atoms. The van der Waals surface area contributed by atoms with E-state index in [4.69, 9.17) is 0 Å². The molecular formula is C16H38N6. The topological polar surface area (TPSA) is 55.3 Å². The fourth-order valence-corrected chi connectivity index (χ4v) is 2.25. The summed E-state index contributed by atoms with van der Waals surface area (Å²) >= 11 is 0. The van der Waals surface area contributed by atoms with Gasteiger partial charge in [-0.3, -0.25) is 0 Å². The zero-order valence-electron chi connectivity index (χ0n) is 15.9. The lowest BCUT2D eigenvalue weighted by molar-refractivity contribution is 0.119. The Labute approximate surface area is 137 Å². The van der Waals surface area contributed by atoms with Gasteiger partial charge >= 0.3 is 0 Å². The molecule has 0 fully saturated rings. The largest absolute Gasteiger partial charge is 0.220 e. The molecule has 6 heteroatoms. The summed E-state index contributed by atoms with van der Waals surface area (Å²) in [5, 5.41) is 12.4. The van der Waals surface area contributed by atoms with Crippen molar-refractivity contribution in [2.45, 2.75) is 55.4 Å². The summed E-state index contributed by atoms with van der Waals surface area (Å²) < 4.78 is 0. The Morgan fingerprint density at radius 3 is 0.955 bits per heavy atom. The molecule has 0 aromatic heterocycles. The maximum atomic E-state index is 4.08. The molecule has 0 saturated heterocycles. The Balaban J connectivity index is 4.33. The number of hydrazine groups is 2. The van der Waals surface area contributed by atoms with Crippen LogP contribution in [0.25, 0.3) is 0 Å². The SMILES string of the molecule is CC(C)CN(CC(C)C)N/N=N/NN(CC(C)C)CC(C)C. The van der Waals surface area contributed by atoms with Gasteiger partial charge in [0.15, 0.2) is 0 Å². The Kier molecular flexibility index (Phi) is 11.2. The molecule has 132 valence electrons. The minimum absolute atomic E-state index is 0.591. The molecule has 0 rings (SSSR count). The average molecular weight is 315 g/mol. The molecule has 2 N–H and O–H groups in total. The predicted octanol–water partition coefficient (Wildman–Crippen LogP) is 3.51. The predicted molar refractivity (Wildman–Crippen MR) is 93.6 cm³/mol. The molecule has 0 atom stereocenters. The van der Waals surface area contributed by atoms with Crippen molar-refractivity contribution >= 4 is 0 Å². The minimum Gasteiger partial charge on any atom is -0.220 e. The van der Waals surface area contributed by atoms with E-state index >= 15 is 0 Å². The van der Waals surface area contributed by atoms with Crippen LogP contribution in [-0.4, -0.2) is 36.2 Å². The van der Waals surface area contributed by atoms with Crippen molar-refractivity contribution in [3.05, 3.63) is 0 Å². The van der Waals surface area contributed by atoms with Gasteiger partial charge in [-0.15, -0.1) is 0 Å². The molecular weight excluding hydrogens is 276 g/mol. The van der Waals surface area contributed by atoms with Gasteiger partial charge in [0, 0.05) is 26.2 Å². The first-order valence-corrected chi connectivity index (χ1v) is 8.61. The van der Waals surface area contributed by atoms with Crippen molar-refractivity contribution in [1.82, 2.24) is 21.1 Å². The van der Waals surface area contributed by atoms with Gasteiger partial charge in [0.25, 0.3) is 0 Å². The Hall–Kier alpha value is -0.880. The normalized spacial score (nSPS) is 12.8. The second-order valence-corrected chi connectivity index (χ2v) is 7.79. The van der Waals surface area contributed by atoms with Gasteiger partial charge in [0.2, 0.25) is 0 Å². The third-order valence-corrected chi connectivity index (χ3v) is 2.76. The fraction of sp³-hybridized carbons (Fsp3) is 1.00. The van der Waals surface area contributed by atoms with E-state index in [1.165, 1.54) is 0 Å². The lowest BCUT2D eigenvalue weighted by Crippen LogP contribution is -2.42. The van der Waals surface area contributed by atoms with Crippen LogP contribution in [-0.2, 0) is 0 Å². The monoisotopic (exact) mass is 314 g/mol. The highest BCUT2D eigenvalue weighted by atomic mass is 15.8.